The molecule has 1 heterocycles. The molecule has 0 aromatic carbocycles. The van der Waals surface area contributed by atoms with Crippen molar-refractivity contribution in [2.75, 3.05) is 6.67 Å². The molecule has 0 bridgehead atoms. The minimum absolute atomic E-state index is 0.428. The van der Waals surface area contributed by atoms with Crippen LogP contribution < -0.4 is 5.32 Å². The standard InChI is InChI=1S/C5H8N2O2/c8-5(9)4-1-2-6-3-7-4/h2,4,7H,1,3H2,(H,8,9). The zero-order chi connectivity index (χ0) is 6.69. The molecular formula is C5H8N2O2. The number of rotatable bonds is 1. The van der Waals surface area contributed by atoms with Gasteiger partial charge in [0.1, 0.15) is 6.04 Å². The van der Waals surface area contributed by atoms with E-state index in [1.165, 1.54) is 0 Å². The molecule has 0 radical (unpaired) electrons. The van der Waals surface area contributed by atoms with Gasteiger partial charge in [0.05, 0.1) is 6.67 Å². The van der Waals surface area contributed by atoms with Crippen LogP contribution in [0.25, 0.3) is 0 Å². The molecule has 1 aliphatic rings. The van der Waals surface area contributed by atoms with Crippen LogP contribution in [0.4, 0.5) is 0 Å². The van der Waals surface area contributed by atoms with E-state index in [-0.39, 0.29) is 0 Å². The molecule has 50 valence electrons. The third-order valence-electron chi connectivity index (χ3n) is 1.20. The summed E-state index contributed by atoms with van der Waals surface area (Å²) in [7, 11) is 0. The van der Waals surface area contributed by atoms with Crippen molar-refractivity contribution < 1.29 is 9.90 Å². The zero-order valence-electron chi connectivity index (χ0n) is 4.87. The Morgan fingerprint density at radius 2 is 2.67 bits per heavy atom. The number of carbonyl (C=O) groups is 1. The first-order valence-corrected chi connectivity index (χ1v) is 2.75. The summed E-state index contributed by atoms with van der Waals surface area (Å²) in [6.07, 6.45) is 2.13. The highest BCUT2D eigenvalue weighted by molar-refractivity contribution is 5.78. The first-order valence-electron chi connectivity index (χ1n) is 2.75. The van der Waals surface area contributed by atoms with Gasteiger partial charge >= 0.3 is 5.97 Å². The lowest BCUT2D eigenvalue weighted by molar-refractivity contribution is -0.139. The van der Waals surface area contributed by atoms with Gasteiger partial charge in [-0.3, -0.25) is 15.1 Å². The highest BCUT2D eigenvalue weighted by Gasteiger charge is 2.16. The van der Waals surface area contributed by atoms with Crippen molar-refractivity contribution in [3.63, 3.8) is 0 Å². The Balaban J connectivity index is 2.44. The normalized spacial score (nSPS) is 26.0. The van der Waals surface area contributed by atoms with Crippen molar-refractivity contribution in [3.8, 4) is 0 Å². The summed E-state index contributed by atoms with van der Waals surface area (Å²) in [5, 5.41) is 11.1. The zero-order valence-corrected chi connectivity index (χ0v) is 4.87. The van der Waals surface area contributed by atoms with E-state index in [4.69, 9.17) is 5.11 Å². The molecular weight excluding hydrogens is 120 g/mol. The van der Waals surface area contributed by atoms with Gasteiger partial charge in [0.15, 0.2) is 0 Å². The number of aliphatic carboxylic acids is 1. The predicted molar refractivity (Wildman–Crippen MR) is 32.5 cm³/mol. The molecule has 1 aliphatic heterocycles. The minimum Gasteiger partial charge on any atom is -0.480 e. The average Bonchev–Trinajstić information content (AvgIpc) is 1.90. The third kappa shape index (κ3) is 1.50. The van der Waals surface area contributed by atoms with E-state index < -0.39 is 12.0 Å². The number of aliphatic imine (C=N–C) groups is 1. The molecule has 2 N–H and O–H groups in total. The van der Waals surface area contributed by atoms with Gasteiger partial charge in [-0.15, -0.1) is 0 Å². The van der Waals surface area contributed by atoms with E-state index in [2.05, 4.69) is 10.3 Å². The van der Waals surface area contributed by atoms with Crippen LogP contribution in [0, 0.1) is 0 Å². The Morgan fingerprint density at radius 3 is 3.00 bits per heavy atom. The Labute approximate surface area is 52.6 Å². The van der Waals surface area contributed by atoms with Gasteiger partial charge in [-0.25, -0.2) is 0 Å². The van der Waals surface area contributed by atoms with Crippen molar-refractivity contribution in [3.05, 3.63) is 0 Å². The fourth-order valence-electron chi connectivity index (χ4n) is 0.679. The predicted octanol–water partition coefficient (Wildman–Crippen LogP) is -0.539. The van der Waals surface area contributed by atoms with Crippen LogP contribution in [0.15, 0.2) is 4.99 Å². The lowest BCUT2D eigenvalue weighted by Crippen LogP contribution is -2.39. The highest BCUT2D eigenvalue weighted by Crippen LogP contribution is 1.93. The van der Waals surface area contributed by atoms with E-state index in [1.807, 2.05) is 0 Å². The van der Waals surface area contributed by atoms with E-state index in [1.54, 1.807) is 6.21 Å². The third-order valence-corrected chi connectivity index (χ3v) is 1.20. The summed E-state index contributed by atoms with van der Waals surface area (Å²) >= 11 is 0. The van der Waals surface area contributed by atoms with Gasteiger partial charge < -0.3 is 5.11 Å². The second-order valence-corrected chi connectivity index (χ2v) is 1.85. The summed E-state index contributed by atoms with van der Waals surface area (Å²) < 4.78 is 0. The SMILES string of the molecule is O=C(O)C1CC=NCN1. The summed E-state index contributed by atoms with van der Waals surface area (Å²) in [6.45, 7) is 0.428. The first kappa shape index (κ1) is 6.22. The van der Waals surface area contributed by atoms with Gasteiger partial charge in [0, 0.05) is 12.6 Å². The fourth-order valence-corrected chi connectivity index (χ4v) is 0.679. The Kier molecular flexibility index (Phi) is 1.79. The average molecular weight is 128 g/mol. The molecule has 4 heteroatoms. The number of nitrogens with zero attached hydrogens (tertiary/aromatic N) is 1. The number of carboxylic acid groups (broad SMARTS) is 1. The molecule has 0 aromatic rings. The molecule has 1 atom stereocenters. The van der Waals surface area contributed by atoms with Crippen LogP contribution >= 0.6 is 0 Å². The molecule has 0 aromatic heterocycles. The van der Waals surface area contributed by atoms with Crippen molar-refractivity contribution in [2.45, 2.75) is 12.5 Å². The Hall–Kier alpha value is -0.900. The van der Waals surface area contributed by atoms with Gasteiger partial charge in [-0.1, -0.05) is 0 Å². The van der Waals surface area contributed by atoms with Gasteiger partial charge in [-0.2, -0.15) is 0 Å². The van der Waals surface area contributed by atoms with Gasteiger partial charge in [0.2, 0.25) is 0 Å². The molecule has 0 fully saturated rings. The van der Waals surface area contributed by atoms with Crippen molar-refractivity contribution in [1.29, 1.82) is 0 Å². The maximum Gasteiger partial charge on any atom is 0.321 e. The lowest BCUT2D eigenvalue weighted by atomic mass is 10.2. The van der Waals surface area contributed by atoms with Crippen LogP contribution in [0.2, 0.25) is 0 Å². The second-order valence-electron chi connectivity index (χ2n) is 1.85. The monoisotopic (exact) mass is 128 g/mol. The van der Waals surface area contributed by atoms with E-state index >= 15 is 0 Å². The molecule has 0 amide bonds. The summed E-state index contributed by atoms with van der Waals surface area (Å²) in [4.78, 5) is 14.0. The van der Waals surface area contributed by atoms with Crippen LogP contribution in [0.1, 0.15) is 6.42 Å². The topological polar surface area (TPSA) is 61.7 Å². The van der Waals surface area contributed by atoms with Crippen molar-refractivity contribution >= 4 is 12.2 Å². The van der Waals surface area contributed by atoms with E-state index in [0.717, 1.165) is 0 Å². The molecule has 4 nitrogen and oxygen atoms in total. The maximum absolute atomic E-state index is 10.2. The molecule has 0 saturated carbocycles. The maximum atomic E-state index is 10.2. The second kappa shape index (κ2) is 2.59. The molecule has 0 aliphatic carbocycles. The van der Waals surface area contributed by atoms with Crippen LogP contribution in [-0.2, 0) is 4.79 Å². The van der Waals surface area contributed by atoms with Crippen LogP contribution in [0.3, 0.4) is 0 Å². The molecule has 0 spiro atoms. The molecule has 1 rings (SSSR count). The molecule has 9 heavy (non-hydrogen) atoms. The van der Waals surface area contributed by atoms with Crippen LogP contribution in [0.5, 0.6) is 0 Å². The van der Waals surface area contributed by atoms with E-state index in [9.17, 15) is 4.79 Å². The minimum atomic E-state index is -0.804. The largest absolute Gasteiger partial charge is 0.480 e. The highest BCUT2D eigenvalue weighted by atomic mass is 16.4. The van der Waals surface area contributed by atoms with Crippen molar-refractivity contribution in [1.82, 2.24) is 5.32 Å². The van der Waals surface area contributed by atoms with E-state index in [0.29, 0.717) is 13.1 Å². The fraction of sp³-hybridized carbons (Fsp3) is 0.600. The van der Waals surface area contributed by atoms with Crippen LogP contribution in [-0.4, -0.2) is 30.0 Å². The molecule has 1 unspecified atom stereocenters. The smallest absolute Gasteiger partial charge is 0.321 e. The number of hydrogen-bond donors (Lipinski definition) is 2. The quantitative estimate of drug-likeness (QED) is 0.498. The lowest BCUT2D eigenvalue weighted by Gasteiger charge is -2.13. The first-order chi connectivity index (χ1) is 4.30. The number of hydrogen-bond acceptors (Lipinski definition) is 3. The molecule has 0 saturated heterocycles. The number of carboxylic acids is 1. The summed E-state index contributed by atoms with van der Waals surface area (Å²) in [5.74, 6) is -0.804. The number of nitrogens with one attached hydrogen (secondary N) is 1. The Bertz CT molecular complexity index is 144. The summed E-state index contributed by atoms with van der Waals surface area (Å²) in [5.41, 5.74) is 0. The van der Waals surface area contributed by atoms with Gasteiger partial charge in [0.25, 0.3) is 0 Å². The Morgan fingerprint density at radius 1 is 1.89 bits per heavy atom. The van der Waals surface area contributed by atoms with Crippen molar-refractivity contribution in [2.24, 2.45) is 4.99 Å². The van der Waals surface area contributed by atoms with Gasteiger partial charge in [-0.05, 0) is 0 Å². The summed E-state index contributed by atoms with van der Waals surface area (Å²) in [6, 6.07) is -0.428.